The van der Waals surface area contributed by atoms with Crippen molar-refractivity contribution >= 4 is 11.9 Å². The van der Waals surface area contributed by atoms with E-state index in [-0.39, 0.29) is 29.9 Å². The lowest BCUT2D eigenvalue weighted by molar-refractivity contribution is -0.136. The van der Waals surface area contributed by atoms with Crippen molar-refractivity contribution < 1.29 is 9.59 Å². The van der Waals surface area contributed by atoms with E-state index in [0.29, 0.717) is 12.6 Å². The Morgan fingerprint density at radius 1 is 1.11 bits per heavy atom. The Balaban J connectivity index is 1.33. The number of likely N-dealkylation sites (tertiary alicyclic amines) is 2. The lowest BCUT2D eigenvalue weighted by Crippen LogP contribution is -2.55. The lowest BCUT2D eigenvalue weighted by atomic mass is 9.95. The van der Waals surface area contributed by atoms with Gasteiger partial charge >= 0.3 is 6.03 Å². The molecule has 0 saturated carbocycles. The largest absolute Gasteiger partial charge is 0.340 e. The van der Waals surface area contributed by atoms with E-state index in [1.54, 1.807) is 0 Å². The smallest absolute Gasteiger partial charge is 0.318 e. The van der Waals surface area contributed by atoms with Gasteiger partial charge in [0.15, 0.2) is 0 Å². The normalized spacial score (nSPS) is 26.5. The molecule has 0 bridgehead atoms. The summed E-state index contributed by atoms with van der Waals surface area (Å²) < 4.78 is 0. The van der Waals surface area contributed by atoms with Gasteiger partial charge in [0.1, 0.15) is 0 Å². The third kappa shape index (κ3) is 3.88. The van der Waals surface area contributed by atoms with Crippen LogP contribution in [0.4, 0.5) is 4.79 Å². The van der Waals surface area contributed by atoms with E-state index in [2.05, 4.69) is 45.4 Å². The average Bonchev–Trinajstić information content (AvgIpc) is 3.03. The Labute approximate surface area is 167 Å². The van der Waals surface area contributed by atoms with E-state index in [0.717, 1.165) is 45.4 Å². The molecule has 3 aliphatic rings. The highest BCUT2D eigenvalue weighted by atomic mass is 16.2. The zero-order valence-corrected chi connectivity index (χ0v) is 17.0. The van der Waals surface area contributed by atoms with Crippen molar-refractivity contribution in [1.82, 2.24) is 20.0 Å². The Bertz CT molecular complexity index is 700. The van der Waals surface area contributed by atoms with Crippen molar-refractivity contribution in [1.29, 1.82) is 0 Å². The van der Waals surface area contributed by atoms with Gasteiger partial charge in [-0.3, -0.25) is 9.69 Å². The van der Waals surface area contributed by atoms with E-state index < -0.39 is 0 Å². The highest BCUT2D eigenvalue weighted by Crippen LogP contribution is 2.29. The number of fused-ring (bicyclic) bond motifs is 1. The fraction of sp³-hybridized carbons (Fsp3) is 0.636. The number of nitrogens with one attached hydrogen (secondary N) is 1. The molecule has 3 amide bonds. The Morgan fingerprint density at radius 3 is 2.50 bits per heavy atom. The topological polar surface area (TPSA) is 55.9 Å². The number of amides is 3. The van der Waals surface area contributed by atoms with Gasteiger partial charge in [-0.25, -0.2) is 4.79 Å². The van der Waals surface area contributed by atoms with Gasteiger partial charge in [-0.2, -0.15) is 0 Å². The molecule has 152 valence electrons. The SMILES string of the molecule is CC(C)C(=O)N1CCC2C(C1)NC(=O)N2C1CCN(Cc2ccccc2)CC1. The van der Waals surface area contributed by atoms with Gasteiger partial charge in [0.2, 0.25) is 5.91 Å². The fourth-order valence-corrected chi connectivity index (χ4v) is 5.00. The maximum Gasteiger partial charge on any atom is 0.318 e. The van der Waals surface area contributed by atoms with Gasteiger partial charge in [0, 0.05) is 44.7 Å². The number of carbonyl (C=O) groups excluding carboxylic acids is 2. The van der Waals surface area contributed by atoms with Crippen LogP contribution in [-0.4, -0.2) is 70.9 Å². The zero-order chi connectivity index (χ0) is 19.7. The molecule has 1 aromatic rings. The number of carbonyl (C=O) groups is 2. The van der Waals surface area contributed by atoms with Crippen molar-refractivity contribution in [2.45, 2.75) is 57.8 Å². The minimum Gasteiger partial charge on any atom is -0.340 e. The number of rotatable bonds is 4. The van der Waals surface area contributed by atoms with Crippen molar-refractivity contribution in [3.63, 3.8) is 0 Å². The molecule has 6 nitrogen and oxygen atoms in total. The molecule has 3 fully saturated rings. The van der Waals surface area contributed by atoms with Crippen LogP contribution in [0.2, 0.25) is 0 Å². The van der Waals surface area contributed by atoms with Crippen molar-refractivity contribution in [2.24, 2.45) is 5.92 Å². The minimum atomic E-state index is 0.0127. The number of urea groups is 1. The predicted octanol–water partition coefficient (Wildman–Crippen LogP) is 2.30. The third-order valence-corrected chi connectivity index (χ3v) is 6.48. The van der Waals surface area contributed by atoms with Crippen LogP contribution in [-0.2, 0) is 11.3 Å². The second-order valence-electron chi connectivity index (χ2n) is 8.75. The van der Waals surface area contributed by atoms with Crippen LogP contribution in [0.1, 0.15) is 38.7 Å². The number of hydrogen-bond donors (Lipinski definition) is 1. The molecule has 6 heteroatoms. The summed E-state index contributed by atoms with van der Waals surface area (Å²) in [6.45, 7) is 8.33. The highest BCUT2D eigenvalue weighted by molar-refractivity contribution is 5.80. The molecule has 0 aromatic heterocycles. The number of nitrogens with zero attached hydrogens (tertiary/aromatic N) is 3. The van der Waals surface area contributed by atoms with E-state index in [9.17, 15) is 9.59 Å². The molecular formula is C22H32N4O2. The molecule has 3 heterocycles. The average molecular weight is 385 g/mol. The van der Waals surface area contributed by atoms with E-state index >= 15 is 0 Å². The number of piperidine rings is 2. The molecule has 0 aliphatic carbocycles. The molecule has 0 radical (unpaired) electrons. The van der Waals surface area contributed by atoms with Crippen LogP contribution in [0, 0.1) is 5.92 Å². The van der Waals surface area contributed by atoms with Crippen LogP contribution in [0.15, 0.2) is 30.3 Å². The Morgan fingerprint density at radius 2 is 1.82 bits per heavy atom. The molecular weight excluding hydrogens is 352 g/mol. The quantitative estimate of drug-likeness (QED) is 0.867. The lowest BCUT2D eigenvalue weighted by Gasteiger charge is -2.42. The molecule has 0 spiro atoms. The summed E-state index contributed by atoms with van der Waals surface area (Å²) in [4.78, 5) is 31.6. The predicted molar refractivity (Wildman–Crippen MR) is 109 cm³/mol. The molecule has 28 heavy (non-hydrogen) atoms. The second kappa shape index (κ2) is 8.11. The van der Waals surface area contributed by atoms with Crippen LogP contribution in [0.5, 0.6) is 0 Å². The van der Waals surface area contributed by atoms with Gasteiger partial charge < -0.3 is 15.1 Å². The standard InChI is InChI=1S/C22H32N4O2/c1-16(2)21(27)25-13-10-20-19(15-25)23-22(28)26(20)18-8-11-24(12-9-18)14-17-6-4-3-5-7-17/h3-7,16,18-20H,8-15H2,1-2H3,(H,23,28). The molecule has 4 rings (SSSR count). The molecule has 2 unspecified atom stereocenters. The number of hydrogen-bond acceptors (Lipinski definition) is 3. The monoisotopic (exact) mass is 384 g/mol. The van der Waals surface area contributed by atoms with E-state index in [1.807, 2.05) is 18.7 Å². The zero-order valence-electron chi connectivity index (χ0n) is 17.0. The first-order chi connectivity index (χ1) is 13.5. The second-order valence-corrected chi connectivity index (χ2v) is 8.75. The van der Waals surface area contributed by atoms with Crippen LogP contribution >= 0.6 is 0 Å². The minimum absolute atomic E-state index is 0.0127. The summed E-state index contributed by atoms with van der Waals surface area (Å²) in [5.41, 5.74) is 1.35. The first-order valence-electron chi connectivity index (χ1n) is 10.7. The van der Waals surface area contributed by atoms with Crippen molar-refractivity contribution in [3.8, 4) is 0 Å². The summed E-state index contributed by atoms with van der Waals surface area (Å²) in [7, 11) is 0. The van der Waals surface area contributed by atoms with Gasteiger partial charge in [-0.1, -0.05) is 44.2 Å². The first-order valence-corrected chi connectivity index (χ1v) is 10.7. The Kier molecular flexibility index (Phi) is 5.58. The highest BCUT2D eigenvalue weighted by Gasteiger charge is 2.46. The molecule has 3 aliphatic heterocycles. The van der Waals surface area contributed by atoms with Crippen LogP contribution in [0.25, 0.3) is 0 Å². The summed E-state index contributed by atoms with van der Waals surface area (Å²) >= 11 is 0. The summed E-state index contributed by atoms with van der Waals surface area (Å²) in [5, 5.41) is 3.16. The summed E-state index contributed by atoms with van der Waals surface area (Å²) in [6, 6.07) is 11.3. The third-order valence-electron chi connectivity index (χ3n) is 6.48. The van der Waals surface area contributed by atoms with Gasteiger partial charge in [-0.15, -0.1) is 0 Å². The Hall–Kier alpha value is -2.08. The fourth-order valence-electron chi connectivity index (χ4n) is 5.00. The first kappa shape index (κ1) is 19.2. The van der Waals surface area contributed by atoms with Gasteiger partial charge in [0.05, 0.1) is 12.1 Å². The molecule has 2 atom stereocenters. The number of benzene rings is 1. The van der Waals surface area contributed by atoms with Crippen molar-refractivity contribution in [2.75, 3.05) is 26.2 Å². The maximum absolute atomic E-state index is 12.7. The molecule has 3 saturated heterocycles. The van der Waals surface area contributed by atoms with E-state index in [4.69, 9.17) is 0 Å². The maximum atomic E-state index is 12.7. The molecule has 1 aromatic carbocycles. The van der Waals surface area contributed by atoms with E-state index in [1.165, 1.54) is 5.56 Å². The molecule has 1 N–H and O–H groups in total. The van der Waals surface area contributed by atoms with Crippen molar-refractivity contribution in [3.05, 3.63) is 35.9 Å². The van der Waals surface area contributed by atoms with Crippen LogP contribution in [0.3, 0.4) is 0 Å². The van der Waals surface area contributed by atoms with Gasteiger partial charge in [-0.05, 0) is 24.8 Å². The van der Waals surface area contributed by atoms with Crippen LogP contribution < -0.4 is 5.32 Å². The summed E-state index contributed by atoms with van der Waals surface area (Å²) in [6.07, 6.45) is 2.93. The van der Waals surface area contributed by atoms with Gasteiger partial charge in [0.25, 0.3) is 0 Å². The summed E-state index contributed by atoms with van der Waals surface area (Å²) in [5.74, 6) is 0.207.